The van der Waals surface area contributed by atoms with E-state index >= 15 is 0 Å². The van der Waals surface area contributed by atoms with Crippen molar-refractivity contribution in [3.63, 3.8) is 0 Å². The molecular formula is C17H37N3O3. The molecule has 0 aliphatic heterocycles. The normalized spacial score (nSPS) is 13.7. The minimum absolute atomic E-state index is 0.0117. The van der Waals surface area contributed by atoms with Crippen LogP contribution in [-0.4, -0.2) is 36.2 Å². The van der Waals surface area contributed by atoms with Gasteiger partial charge < -0.3 is 21.1 Å². The van der Waals surface area contributed by atoms with E-state index in [0.29, 0.717) is 26.0 Å². The third-order valence-corrected chi connectivity index (χ3v) is 3.12. The lowest BCUT2D eigenvalue weighted by atomic mass is 10.0. The summed E-state index contributed by atoms with van der Waals surface area (Å²) in [6.45, 7) is 15.8. The molecule has 4 N–H and O–H groups in total. The van der Waals surface area contributed by atoms with Crippen molar-refractivity contribution >= 4 is 11.8 Å². The van der Waals surface area contributed by atoms with Crippen LogP contribution in [-0.2, 0) is 14.3 Å². The van der Waals surface area contributed by atoms with E-state index in [4.69, 9.17) is 10.5 Å². The number of nitrogens with two attached hydrogens (primary N) is 1. The van der Waals surface area contributed by atoms with Crippen LogP contribution < -0.4 is 16.4 Å². The molecule has 0 aliphatic rings. The first-order chi connectivity index (χ1) is 10.5. The maximum absolute atomic E-state index is 11.4. The van der Waals surface area contributed by atoms with E-state index in [1.54, 1.807) is 6.92 Å². The quantitative estimate of drug-likeness (QED) is 0.564. The number of ether oxygens (including phenoxy) is 1. The zero-order valence-electron chi connectivity index (χ0n) is 16.2. The first-order valence-corrected chi connectivity index (χ1v) is 8.44. The lowest BCUT2D eigenvalue weighted by Crippen LogP contribution is -2.46. The summed E-state index contributed by atoms with van der Waals surface area (Å²) < 4.78 is 5.66. The van der Waals surface area contributed by atoms with Crippen LogP contribution in [0.2, 0.25) is 0 Å². The predicted octanol–water partition coefficient (Wildman–Crippen LogP) is 2.17. The lowest BCUT2D eigenvalue weighted by Gasteiger charge is -2.30. The number of hydrogen-bond donors (Lipinski definition) is 3. The van der Waals surface area contributed by atoms with Crippen LogP contribution in [0.4, 0.5) is 0 Å². The Balaban J connectivity index is 0. The molecule has 1 atom stereocenters. The highest BCUT2D eigenvalue weighted by Gasteiger charge is 2.23. The van der Waals surface area contributed by atoms with Gasteiger partial charge in [0.2, 0.25) is 11.8 Å². The van der Waals surface area contributed by atoms with Crippen LogP contribution in [0, 0.1) is 5.92 Å². The van der Waals surface area contributed by atoms with Crippen LogP contribution in [0.15, 0.2) is 0 Å². The summed E-state index contributed by atoms with van der Waals surface area (Å²) in [4.78, 5) is 22.5. The Bertz CT molecular complexity index is 353. The summed E-state index contributed by atoms with van der Waals surface area (Å²) >= 11 is 0. The van der Waals surface area contributed by atoms with Gasteiger partial charge in [0.15, 0.2) is 0 Å². The van der Waals surface area contributed by atoms with Crippen molar-refractivity contribution < 1.29 is 14.3 Å². The average molecular weight is 332 g/mol. The maximum Gasteiger partial charge on any atom is 0.222 e. The van der Waals surface area contributed by atoms with Crippen LogP contribution in [0.25, 0.3) is 0 Å². The van der Waals surface area contributed by atoms with Gasteiger partial charge in [-0.3, -0.25) is 9.59 Å². The number of rotatable bonds is 9. The number of hydrogen-bond acceptors (Lipinski definition) is 4. The van der Waals surface area contributed by atoms with Crippen molar-refractivity contribution in [2.75, 3.05) is 13.2 Å². The van der Waals surface area contributed by atoms with Gasteiger partial charge in [0, 0.05) is 31.3 Å². The molecule has 0 aromatic carbocycles. The molecule has 0 bridgehead atoms. The molecular weight excluding hydrogens is 294 g/mol. The highest BCUT2D eigenvalue weighted by molar-refractivity contribution is 5.77. The fraction of sp³-hybridized carbons (Fsp3) is 0.882. The standard InChI is InChI=1S/C15H31N3O3.C2H6/c1-11(2)13(20)17-9-7-15(6,16)21-10-8-14(4,5)18-12(3)19;1-2/h11H,7-10,16H2,1-6H3,(H,17,20)(H,18,19);1-2H3. The molecule has 0 aliphatic carbocycles. The second kappa shape index (κ2) is 11.4. The van der Waals surface area contributed by atoms with Gasteiger partial charge in [0.1, 0.15) is 5.72 Å². The monoisotopic (exact) mass is 331 g/mol. The number of amides is 2. The van der Waals surface area contributed by atoms with Gasteiger partial charge in [-0.25, -0.2) is 0 Å². The van der Waals surface area contributed by atoms with Crippen molar-refractivity contribution in [2.45, 2.75) is 79.5 Å². The van der Waals surface area contributed by atoms with Gasteiger partial charge >= 0.3 is 0 Å². The van der Waals surface area contributed by atoms with E-state index in [1.807, 2.05) is 41.5 Å². The lowest BCUT2D eigenvalue weighted by molar-refractivity contribution is -0.124. The molecule has 0 fully saturated rings. The topological polar surface area (TPSA) is 93.4 Å². The molecule has 138 valence electrons. The highest BCUT2D eigenvalue weighted by Crippen LogP contribution is 2.13. The summed E-state index contributed by atoms with van der Waals surface area (Å²) in [7, 11) is 0. The van der Waals surface area contributed by atoms with Crippen LogP contribution in [0.5, 0.6) is 0 Å². The van der Waals surface area contributed by atoms with Gasteiger partial charge in [-0.05, 0) is 27.2 Å². The largest absolute Gasteiger partial charge is 0.361 e. The van der Waals surface area contributed by atoms with Crippen LogP contribution in [0.1, 0.15) is 68.2 Å². The molecule has 0 radical (unpaired) electrons. The Kier molecular flexibility index (Phi) is 12.0. The van der Waals surface area contributed by atoms with Crippen molar-refractivity contribution in [1.82, 2.24) is 10.6 Å². The van der Waals surface area contributed by atoms with Gasteiger partial charge in [0.25, 0.3) is 0 Å². The van der Waals surface area contributed by atoms with Gasteiger partial charge in [-0.15, -0.1) is 0 Å². The first kappa shape index (κ1) is 24.1. The minimum Gasteiger partial charge on any atom is -0.361 e. The van der Waals surface area contributed by atoms with Gasteiger partial charge in [-0.1, -0.05) is 27.7 Å². The molecule has 6 heteroatoms. The second-order valence-electron chi connectivity index (χ2n) is 6.67. The molecule has 0 saturated carbocycles. The molecule has 6 nitrogen and oxygen atoms in total. The maximum atomic E-state index is 11.4. The number of carbonyl (C=O) groups is 2. The van der Waals surface area contributed by atoms with Gasteiger partial charge in [-0.2, -0.15) is 0 Å². The zero-order valence-corrected chi connectivity index (χ0v) is 16.2. The highest BCUT2D eigenvalue weighted by atomic mass is 16.5. The molecule has 0 rings (SSSR count). The summed E-state index contributed by atoms with van der Waals surface area (Å²) in [5.41, 5.74) is 4.93. The number of nitrogens with one attached hydrogen (secondary N) is 2. The van der Waals surface area contributed by atoms with Gasteiger partial charge in [0.05, 0.1) is 6.61 Å². The fourth-order valence-electron chi connectivity index (χ4n) is 1.79. The molecule has 23 heavy (non-hydrogen) atoms. The van der Waals surface area contributed by atoms with Crippen molar-refractivity contribution in [3.05, 3.63) is 0 Å². The first-order valence-electron chi connectivity index (χ1n) is 8.44. The Hall–Kier alpha value is -1.14. The van der Waals surface area contributed by atoms with E-state index in [1.165, 1.54) is 6.92 Å². The Morgan fingerprint density at radius 2 is 1.65 bits per heavy atom. The van der Waals surface area contributed by atoms with Crippen LogP contribution >= 0.6 is 0 Å². The second-order valence-corrected chi connectivity index (χ2v) is 6.67. The molecule has 0 aromatic heterocycles. The van der Waals surface area contributed by atoms with E-state index in [-0.39, 0.29) is 23.3 Å². The van der Waals surface area contributed by atoms with Crippen LogP contribution in [0.3, 0.4) is 0 Å². The van der Waals surface area contributed by atoms with Crippen molar-refractivity contribution in [3.8, 4) is 0 Å². The molecule has 0 heterocycles. The molecule has 0 saturated heterocycles. The molecule has 0 spiro atoms. The number of carbonyl (C=O) groups excluding carboxylic acids is 2. The van der Waals surface area contributed by atoms with E-state index in [0.717, 1.165) is 0 Å². The zero-order chi connectivity index (χ0) is 18.7. The predicted molar refractivity (Wildman–Crippen MR) is 94.9 cm³/mol. The molecule has 0 aromatic rings. The Morgan fingerprint density at radius 3 is 2.09 bits per heavy atom. The average Bonchev–Trinajstić information content (AvgIpc) is 2.38. The summed E-state index contributed by atoms with van der Waals surface area (Å²) in [5.74, 6) is -0.0853. The molecule has 2 amide bonds. The van der Waals surface area contributed by atoms with E-state index in [9.17, 15) is 9.59 Å². The molecule has 1 unspecified atom stereocenters. The van der Waals surface area contributed by atoms with Crippen molar-refractivity contribution in [1.29, 1.82) is 0 Å². The fourth-order valence-corrected chi connectivity index (χ4v) is 1.79. The summed E-state index contributed by atoms with van der Waals surface area (Å²) in [6, 6.07) is 0. The third-order valence-electron chi connectivity index (χ3n) is 3.12. The smallest absolute Gasteiger partial charge is 0.222 e. The summed E-state index contributed by atoms with van der Waals surface area (Å²) in [5, 5.41) is 5.67. The SMILES string of the molecule is CC.CC(=O)NC(C)(C)CCOC(C)(N)CCNC(=O)C(C)C. The Morgan fingerprint density at radius 1 is 1.13 bits per heavy atom. The van der Waals surface area contributed by atoms with E-state index < -0.39 is 5.72 Å². The third kappa shape index (κ3) is 14.2. The summed E-state index contributed by atoms with van der Waals surface area (Å²) in [6.07, 6.45) is 1.20. The Labute approximate surface area is 141 Å². The van der Waals surface area contributed by atoms with E-state index in [2.05, 4.69) is 10.6 Å². The minimum atomic E-state index is -0.795. The van der Waals surface area contributed by atoms with Crippen molar-refractivity contribution in [2.24, 2.45) is 11.7 Å².